The van der Waals surface area contributed by atoms with E-state index in [9.17, 15) is 15.0 Å². The Morgan fingerprint density at radius 2 is 2.41 bits per heavy atom. The van der Waals surface area contributed by atoms with Gasteiger partial charge in [0.1, 0.15) is 0 Å². The molecular weight excluding hydrogens is 282 g/mol. The quantitative estimate of drug-likeness (QED) is 0.747. The van der Waals surface area contributed by atoms with E-state index >= 15 is 0 Å². The number of aromatic nitrogens is 2. The zero-order valence-corrected chi connectivity index (χ0v) is 13.1. The molecule has 2 N–H and O–H groups in total. The Hall–Kier alpha value is -1.66. The van der Waals surface area contributed by atoms with Crippen molar-refractivity contribution in [2.45, 2.75) is 45.4 Å². The summed E-state index contributed by atoms with van der Waals surface area (Å²) < 4.78 is 1.81. The molecular formula is C16H25N3O3. The van der Waals surface area contributed by atoms with Crippen LogP contribution in [0.3, 0.4) is 0 Å². The lowest BCUT2D eigenvalue weighted by molar-refractivity contribution is -0.164. The number of carbonyl (C=O) groups is 1. The molecule has 1 aromatic heterocycles. The summed E-state index contributed by atoms with van der Waals surface area (Å²) in [5.41, 5.74) is 0.0746. The molecule has 0 aromatic carbocycles. The van der Waals surface area contributed by atoms with Crippen LogP contribution in [0.5, 0.6) is 0 Å². The van der Waals surface area contributed by atoms with Crippen molar-refractivity contribution in [3.8, 4) is 0 Å². The lowest BCUT2D eigenvalue weighted by Gasteiger charge is -2.42. The van der Waals surface area contributed by atoms with Gasteiger partial charge in [-0.25, -0.2) is 0 Å². The molecule has 1 aromatic rings. The number of aliphatic hydroxyl groups excluding tert-OH is 1. The molecule has 2 rings (SSSR count). The van der Waals surface area contributed by atoms with Gasteiger partial charge in [-0.1, -0.05) is 19.4 Å². The van der Waals surface area contributed by atoms with E-state index in [4.69, 9.17) is 0 Å². The molecule has 0 radical (unpaired) electrons. The van der Waals surface area contributed by atoms with E-state index in [1.54, 1.807) is 17.0 Å². The van der Waals surface area contributed by atoms with Gasteiger partial charge in [0.05, 0.1) is 24.3 Å². The van der Waals surface area contributed by atoms with Crippen molar-refractivity contribution in [1.29, 1.82) is 0 Å². The molecule has 6 heteroatoms. The zero-order chi connectivity index (χ0) is 16.2. The van der Waals surface area contributed by atoms with Crippen LogP contribution >= 0.6 is 0 Å². The summed E-state index contributed by atoms with van der Waals surface area (Å²) in [6.45, 7) is 8.05. The minimum Gasteiger partial charge on any atom is -0.481 e. The third kappa shape index (κ3) is 3.39. The zero-order valence-electron chi connectivity index (χ0n) is 13.1. The number of hydrogen-bond donors (Lipinski definition) is 2. The average molecular weight is 307 g/mol. The Bertz CT molecular complexity index is 528. The van der Waals surface area contributed by atoms with Crippen molar-refractivity contribution in [3.05, 3.63) is 30.6 Å². The highest BCUT2D eigenvalue weighted by Gasteiger charge is 2.47. The number of allylic oxidation sites excluding steroid dienone is 1. The monoisotopic (exact) mass is 307 g/mol. The van der Waals surface area contributed by atoms with Gasteiger partial charge in [0.25, 0.3) is 0 Å². The highest BCUT2D eigenvalue weighted by molar-refractivity contribution is 5.75. The maximum atomic E-state index is 11.6. The molecule has 0 amide bonds. The number of aliphatic hydroxyl groups is 1. The van der Waals surface area contributed by atoms with E-state index in [0.29, 0.717) is 39.0 Å². The Labute approximate surface area is 131 Å². The van der Waals surface area contributed by atoms with Crippen LogP contribution < -0.4 is 0 Å². The molecule has 1 saturated heterocycles. The predicted octanol–water partition coefficient (Wildman–Crippen LogP) is 1.51. The van der Waals surface area contributed by atoms with Gasteiger partial charge in [-0.15, -0.1) is 6.58 Å². The number of rotatable bonds is 7. The van der Waals surface area contributed by atoms with Crippen LogP contribution in [0.2, 0.25) is 0 Å². The van der Waals surface area contributed by atoms with Gasteiger partial charge in [-0.3, -0.25) is 14.4 Å². The first-order valence-electron chi connectivity index (χ1n) is 7.78. The fourth-order valence-electron chi connectivity index (χ4n) is 3.25. The van der Waals surface area contributed by atoms with Crippen LogP contribution in [-0.2, 0) is 17.9 Å². The van der Waals surface area contributed by atoms with Gasteiger partial charge >= 0.3 is 5.97 Å². The standard InChI is InChI=1S/C16H25N3O3/c1-3-5-16(15(21)22)6-8-18(12-14(16)20)10-13-9-17-19(11-13)7-4-2/h4,9,11,14,20H,2-3,5-8,10,12H2,1H3,(H,21,22)/t14-,16+/m1/s1. The average Bonchev–Trinajstić information content (AvgIpc) is 2.89. The maximum Gasteiger partial charge on any atom is 0.312 e. The van der Waals surface area contributed by atoms with Gasteiger partial charge in [-0.2, -0.15) is 5.10 Å². The summed E-state index contributed by atoms with van der Waals surface area (Å²) in [6.07, 6.45) is 6.49. The molecule has 2 atom stereocenters. The number of carboxylic acids is 1. The van der Waals surface area contributed by atoms with Crippen LogP contribution in [-0.4, -0.2) is 50.1 Å². The van der Waals surface area contributed by atoms with Crippen molar-refractivity contribution < 1.29 is 15.0 Å². The van der Waals surface area contributed by atoms with E-state index in [-0.39, 0.29) is 0 Å². The maximum absolute atomic E-state index is 11.6. The van der Waals surface area contributed by atoms with Crippen LogP contribution in [0.15, 0.2) is 25.0 Å². The van der Waals surface area contributed by atoms with Crippen molar-refractivity contribution in [1.82, 2.24) is 14.7 Å². The fourth-order valence-corrected chi connectivity index (χ4v) is 3.25. The summed E-state index contributed by atoms with van der Waals surface area (Å²) in [4.78, 5) is 13.7. The number of carboxylic acid groups (broad SMARTS) is 1. The summed E-state index contributed by atoms with van der Waals surface area (Å²) in [5, 5.41) is 24.2. The molecule has 0 spiro atoms. The number of piperidine rings is 1. The third-order valence-corrected chi connectivity index (χ3v) is 4.47. The normalized spacial score (nSPS) is 26.0. The van der Waals surface area contributed by atoms with Crippen molar-refractivity contribution in [2.75, 3.05) is 13.1 Å². The second-order valence-corrected chi connectivity index (χ2v) is 6.07. The first-order chi connectivity index (χ1) is 10.5. The molecule has 1 fully saturated rings. The first-order valence-corrected chi connectivity index (χ1v) is 7.78. The topological polar surface area (TPSA) is 78.6 Å². The van der Waals surface area contributed by atoms with Gasteiger partial charge in [-0.05, 0) is 19.4 Å². The number of aliphatic carboxylic acids is 1. The second-order valence-electron chi connectivity index (χ2n) is 6.07. The van der Waals surface area contributed by atoms with Crippen molar-refractivity contribution in [3.63, 3.8) is 0 Å². The minimum atomic E-state index is -0.988. The van der Waals surface area contributed by atoms with E-state index in [1.807, 2.05) is 13.1 Å². The van der Waals surface area contributed by atoms with Crippen molar-refractivity contribution >= 4 is 5.97 Å². The Balaban J connectivity index is 1.99. The summed E-state index contributed by atoms with van der Waals surface area (Å²) in [5.74, 6) is -0.875. The predicted molar refractivity (Wildman–Crippen MR) is 83.3 cm³/mol. The Morgan fingerprint density at radius 1 is 1.64 bits per heavy atom. The van der Waals surface area contributed by atoms with Crippen LogP contribution in [0, 0.1) is 5.41 Å². The summed E-state index contributed by atoms with van der Waals surface area (Å²) in [7, 11) is 0. The summed E-state index contributed by atoms with van der Waals surface area (Å²) >= 11 is 0. The molecule has 122 valence electrons. The number of nitrogens with zero attached hydrogens (tertiary/aromatic N) is 3. The number of hydrogen-bond acceptors (Lipinski definition) is 4. The second kappa shape index (κ2) is 7.07. The number of β-amino-alcohol motifs (C(OH)–C–C–N with tert-alkyl or cyclic N) is 1. The molecule has 1 aliphatic rings. The van der Waals surface area contributed by atoms with E-state index < -0.39 is 17.5 Å². The molecule has 0 saturated carbocycles. The van der Waals surface area contributed by atoms with Gasteiger partial charge < -0.3 is 10.2 Å². The van der Waals surface area contributed by atoms with E-state index in [1.165, 1.54) is 0 Å². The smallest absolute Gasteiger partial charge is 0.312 e. The summed E-state index contributed by atoms with van der Waals surface area (Å²) in [6, 6.07) is 0. The number of likely N-dealkylation sites (tertiary alicyclic amines) is 1. The molecule has 0 unspecified atom stereocenters. The van der Waals surface area contributed by atoms with Crippen LogP contribution in [0.25, 0.3) is 0 Å². The molecule has 0 bridgehead atoms. The molecule has 22 heavy (non-hydrogen) atoms. The van der Waals surface area contributed by atoms with Crippen LogP contribution in [0.4, 0.5) is 0 Å². The largest absolute Gasteiger partial charge is 0.481 e. The van der Waals surface area contributed by atoms with E-state index in [2.05, 4.69) is 16.6 Å². The Kier molecular flexibility index (Phi) is 5.37. The lowest BCUT2D eigenvalue weighted by Crippen LogP contribution is -2.54. The highest BCUT2D eigenvalue weighted by Crippen LogP contribution is 2.37. The SMILES string of the molecule is C=CCn1cc(CN2CC[C@](CCC)(C(=O)O)[C@H](O)C2)cn1. The lowest BCUT2D eigenvalue weighted by atomic mass is 9.73. The Morgan fingerprint density at radius 3 is 3.00 bits per heavy atom. The highest BCUT2D eigenvalue weighted by atomic mass is 16.4. The molecule has 0 aliphatic carbocycles. The van der Waals surface area contributed by atoms with Gasteiger partial charge in [0.15, 0.2) is 0 Å². The molecule has 6 nitrogen and oxygen atoms in total. The first kappa shape index (κ1) is 16.7. The minimum absolute atomic E-state index is 0.388. The van der Waals surface area contributed by atoms with Gasteiger partial charge in [0, 0.05) is 24.8 Å². The molecule has 1 aliphatic heterocycles. The fraction of sp³-hybridized carbons (Fsp3) is 0.625. The van der Waals surface area contributed by atoms with E-state index in [0.717, 1.165) is 12.0 Å². The van der Waals surface area contributed by atoms with Gasteiger partial charge in [0.2, 0.25) is 0 Å². The van der Waals surface area contributed by atoms with Crippen LogP contribution in [0.1, 0.15) is 31.7 Å². The van der Waals surface area contributed by atoms with Crippen molar-refractivity contribution in [2.24, 2.45) is 5.41 Å². The molecule has 2 heterocycles. The third-order valence-electron chi connectivity index (χ3n) is 4.47.